The first-order valence-corrected chi connectivity index (χ1v) is 10.2. The Morgan fingerprint density at radius 1 is 0.879 bits per heavy atom. The van der Waals surface area contributed by atoms with E-state index in [9.17, 15) is 9.59 Å². The Morgan fingerprint density at radius 2 is 1.64 bits per heavy atom. The highest BCUT2D eigenvalue weighted by molar-refractivity contribution is 5.95. The fraction of sp³-hybridized carbons (Fsp3) is 0.154. The van der Waals surface area contributed by atoms with Crippen LogP contribution in [0.2, 0.25) is 0 Å². The molecule has 1 aromatic heterocycles. The van der Waals surface area contributed by atoms with Crippen LogP contribution >= 0.6 is 0 Å². The Morgan fingerprint density at radius 3 is 2.33 bits per heavy atom. The van der Waals surface area contributed by atoms with Gasteiger partial charge in [0, 0.05) is 29.8 Å². The maximum Gasteiger partial charge on any atom is 0.251 e. The maximum atomic E-state index is 13.0. The molecule has 168 valence electrons. The minimum atomic E-state index is -0.303. The lowest BCUT2D eigenvalue weighted by atomic mass is 10.1. The Balaban J connectivity index is 1.70. The molecule has 1 N–H and O–H groups in total. The topological polar surface area (TPSA) is 87.0 Å². The van der Waals surface area contributed by atoms with E-state index in [4.69, 9.17) is 18.6 Å². The predicted molar refractivity (Wildman–Crippen MR) is 125 cm³/mol. The third-order valence-corrected chi connectivity index (χ3v) is 5.23. The lowest BCUT2D eigenvalue weighted by Crippen LogP contribution is -2.22. The molecule has 0 bridgehead atoms. The minimum Gasteiger partial charge on any atom is -0.493 e. The first-order chi connectivity index (χ1) is 16.0. The first-order valence-electron chi connectivity index (χ1n) is 10.2. The van der Waals surface area contributed by atoms with Crippen LogP contribution in [0.5, 0.6) is 17.2 Å². The summed E-state index contributed by atoms with van der Waals surface area (Å²) < 4.78 is 22.2. The molecule has 0 aliphatic rings. The fourth-order valence-corrected chi connectivity index (χ4v) is 3.62. The van der Waals surface area contributed by atoms with Crippen LogP contribution in [0.4, 0.5) is 0 Å². The summed E-state index contributed by atoms with van der Waals surface area (Å²) in [6, 6.07) is 19.5. The first kappa shape index (κ1) is 22.0. The average molecular weight is 445 g/mol. The van der Waals surface area contributed by atoms with Gasteiger partial charge in [-0.25, -0.2) is 0 Å². The molecule has 0 unspecified atom stereocenters. The zero-order valence-electron chi connectivity index (χ0n) is 18.5. The average Bonchev–Trinajstić information content (AvgIpc) is 2.86. The van der Waals surface area contributed by atoms with E-state index in [1.807, 2.05) is 30.3 Å². The summed E-state index contributed by atoms with van der Waals surface area (Å²) >= 11 is 0. The van der Waals surface area contributed by atoms with Crippen molar-refractivity contribution in [3.05, 3.63) is 88.1 Å². The van der Waals surface area contributed by atoms with Crippen molar-refractivity contribution in [1.82, 2.24) is 5.32 Å². The number of rotatable bonds is 7. The highest BCUT2D eigenvalue weighted by Gasteiger charge is 2.21. The van der Waals surface area contributed by atoms with Gasteiger partial charge < -0.3 is 23.9 Å². The zero-order valence-corrected chi connectivity index (χ0v) is 18.5. The molecular weight excluding hydrogens is 422 g/mol. The van der Waals surface area contributed by atoms with Crippen LogP contribution in [0.1, 0.15) is 15.9 Å². The number of hydrogen-bond donors (Lipinski definition) is 1. The minimum absolute atomic E-state index is 0.225. The SMILES string of the molecule is COc1cc2oc(-c3cccc(C(=O)NCc4ccccc4)c3)cc(=O)c2c(OC)c1OC. The summed E-state index contributed by atoms with van der Waals surface area (Å²) in [4.78, 5) is 25.7. The third kappa shape index (κ3) is 4.39. The molecule has 0 spiro atoms. The van der Waals surface area contributed by atoms with E-state index in [1.54, 1.807) is 30.3 Å². The molecule has 0 saturated heterocycles. The second kappa shape index (κ2) is 9.48. The normalized spacial score (nSPS) is 10.6. The largest absolute Gasteiger partial charge is 0.493 e. The van der Waals surface area contributed by atoms with Crippen molar-refractivity contribution in [2.75, 3.05) is 21.3 Å². The molecule has 0 saturated carbocycles. The van der Waals surface area contributed by atoms with Gasteiger partial charge in [0.25, 0.3) is 5.91 Å². The summed E-state index contributed by atoms with van der Waals surface area (Å²) in [5, 5.41) is 3.15. The monoisotopic (exact) mass is 445 g/mol. The summed E-state index contributed by atoms with van der Waals surface area (Å²) in [7, 11) is 4.40. The van der Waals surface area contributed by atoms with E-state index in [1.165, 1.54) is 27.4 Å². The number of amides is 1. The van der Waals surface area contributed by atoms with Gasteiger partial charge >= 0.3 is 0 Å². The van der Waals surface area contributed by atoms with Crippen LogP contribution in [0.3, 0.4) is 0 Å². The van der Waals surface area contributed by atoms with E-state index >= 15 is 0 Å². The third-order valence-electron chi connectivity index (χ3n) is 5.23. The molecule has 0 aliphatic heterocycles. The van der Waals surface area contributed by atoms with Gasteiger partial charge in [0.2, 0.25) is 5.75 Å². The smallest absolute Gasteiger partial charge is 0.251 e. The molecule has 4 aromatic rings. The van der Waals surface area contributed by atoms with Crippen LogP contribution in [0, 0.1) is 0 Å². The van der Waals surface area contributed by atoms with Gasteiger partial charge in [0.15, 0.2) is 16.9 Å². The van der Waals surface area contributed by atoms with Crippen molar-refractivity contribution < 1.29 is 23.4 Å². The van der Waals surface area contributed by atoms with Gasteiger partial charge in [-0.2, -0.15) is 0 Å². The van der Waals surface area contributed by atoms with E-state index in [0.29, 0.717) is 34.9 Å². The van der Waals surface area contributed by atoms with E-state index in [2.05, 4.69) is 5.32 Å². The lowest BCUT2D eigenvalue weighted by Gasteiger charge is -2.14. The fourth-order valence-electron chi connectivity index (χ4n) is 3.62. The van der Waals surface area contributed by atoms with Gasteiger partial charge in [-0.3, -0.25) is 9.59 Å². The predicted octanol–water partition coefficient (Wildman–Crippen LogP) is 4.42. The highest BCUT2D eigenvalue weighted by Crippen LogP contribution is 2.42. The zero-order chi connectivity index (χ0) is 23.4. The molecule has 33 heavy (non-hydrogen) atoms. The van der Waals surface area contributed by atoms with E-state index in [-0.39, 0.29) is 28.1 Å². The van der Waals surface area contributed by atoms with Gasteiger partial charge in [-0.15, -0.1) is 0 Å². The molecule has 0 aliphatic carbocycles. The van der Waals surface area contributed by atoms with Crippen LogP contribution in [-0.2, 0) is 6.54 Å². The van der Waals surface area contributed by atoms with Crippen molar-refractivity contribution in [1.29, 1.82) is 0 Å². The molecule has 4 rings (SSSR count). The molecule has 1 heterocycles. The van der Waals surface area contributed by atoms with Gasteiger partial charge in [0.1, 0.15) is 16.7 Å². The van der Waals surface area contributed by atoms with Crippen molar-refractivity contribution in [2.24, 2.45) is 0 Å². The molecule has 7 nitrogen and oxygen atoms in total. The van der Waals surface area contributed by atoms with Crippen LogP contribution in [-0.4, -0.2) is 27.2 Å². The molecule has 0 radical (unpaired) electrons. The number of ether oxygens (including phenoxy) is 3. The number of methoxy groups -OCH3 is 3. The number of hydrogen-bond acceptors (Lipinski definition) is 6. The Hall–Kier alpha value is -4.26. The molecule has 3 aromatic carbocycles. The van der Waals surface area contributed by atoms with E-state index < -0.39 is 0 Å². The van der Waals surface area contributed by atoms with Gasteiger partial charge in [-0.1, -0.05) is 42.5 Å². The number of benzene rings is 3. The van der Waals surface area contributed by atoms with Crippen LogP contribution in [0.25, 0.3) is 22.3 Å². The maximum absolute atomic E-state index is 13.0. The second-order valence-electron chi connectivity index (χ2n) is 7.24. The number of carbonyl (C=O) groups is 1. The molecule has 0 fully saturated rings. The number of fused-ring (bicyclic) bond motifs is 1. The van der Waals surface area contributed by atoms with Gasteiger partial charge in [-0.05, 0) is 17.7 Å². The lowest BCUT2D eigenvalue weighted by molar-refractivity contribution is 0.0951. The van der Waals surface area contributed by atoms with Crippen molar-refractivity contribution >= 4 is 16.9 Å². The molecule has 7 heteroatoms. The summed E-state index contributed by atoms with van der Waals surface area (Å²) in [6.07, 6.45) is 0. The quantitative estimate of drug-likeness (QED) is 0.453. The van der Waals surface area contributed by atoms with Gasteiger partial charge in [0.05, 0.1) is 21.3 Å². The molecular formula is C26H23NO6. The van der Waals surface area contributed by atoms with Crippen molar-refractivity contribution in [2.45, 2.75) is 6.54 Å². The Kier molecular flexibility index (Phi) is 6.31. The standard InChI is InChI=1S/C26H23NO6/c1-30-22-14-21-23(25(32-3)24(22)31-2)19(28)13-20(33-21)17-10-7-11-18(12-17)26(29)27-15-16-8-5-4-6-9-16/h4-14H,15H2,1-3H3,(H,27,29). The molecule has 1 amide bonds. The summed E-state index contributed by atoms with van der Waals surface area (Å²) in [5.74, 6) is 1.01. The Bertz CT molecular complexity index is 1360. The van der Waals surface area contributed by atoms with E-state index in [0.717, 1.165) is 5.56 Å². The number of carbonyl (C=O) groups excluding carboxylic acids is 1. The van der Waals surface area contributed by atoms with Crippen molar-refractivity contribution in [3.63, 3.8) is 0 Å². The van der Waals surface area contributed by atoms with Crippen LogP contribution < -0.4 is 25.0 Å². The molecule has 0 atom stereocenters. The van der Waals surface area contributed by atoms with Crippen molar-refractivity contribution in [3.8, 4) is 28.6 Å². The summed E-state index contributed by atoms with van der Waals surface area (Å²) in [5.41, 5.74) is 2.03. The summed E-state index contributed by atoms with van der Waals surface area (Å²) in [6.45, 7) is 0.413. The van der Waals surface area contributed by atoms with Crippen LogP contribution in [0.15, 0.2) is 75.9 Å². The highest BCUT2D eigenvalue weighted by atomic mass is 16.5. The Labute approximate surface area is 190 Å². The second-order valence-corrected chi connectivity index (χ2v) is 7.24. The number of nitrogens with one attached hydrogen (secondary N) is 1.